The van der Waals surface area contributed by atoms with Gasteiger partial charge in [0, 0.05) is 25.7 Å². The van der Waals surface area contributed by atoms with Crippen molar-refractivity contribution in [1.29, 1.82) is 0 Å². The summed E-state index contributed by atoms with van der Waals surface area (Å²) in [6.07, 6.45) is 7.39. The van der Waals surface area contributed by atoms with Gasteiger partial charge in [0.1, 0.15) is 0 Å². The number of carbonyl (C=O) groups is 1. The predicted molar refractivity (Wildman–Crippen MR) is 90.5 cm³/mol. The van der Waals surface area contributed by atoms with Crippen molar-refractivity contribution in [1.82, 2.24) is 15.1 Å². The van der Waals surface area contributed by atoms with Crippen LogP contribution >= 0.6 is 24.8 Å². The van der Waals surface area contributed by atoms with E-state index >= 15 is 0 Å². The molecular formula is C15H29Cl2N3O. The maximum absolute atomic E-state index is 12.6. The third-order valence-corrected chi connectivity index (χ3v) is 5.01. The summed E-state index contributed by atoms with van der Waals surface area (Å²) in [5.74, 6) is 0.655. The van der Waals surface area contributed by atoms with Crippen LogP contribution in [0.3, 0.4) is 0 Å². The molecule has 3 rings (SSSR count). The largest absolute Gasteiger partial charge is 0.341 e. The second-order valence-electron chi connectivity index (χ2n) is 6.37. The second kappa shape index (κ2) is 9.19. The van der Waals surface area contributed by atoms with Gasteiger partial charge in [-0.3, -0.25) is 9.69 Å². The fraction of sp³-hybridized carbons (Fsp3) is 0.933. The summed E-state index contributed by atoms with van der Waals surface area (Å²) in [7, 11) is 0. The normalized spacial score (nSPS) is 30.4. The van der Waals surface area contributed by atoms with Crippen molar-refractivity contribution in [3.05, 3.63) is 0 Å². The van der Waals surface area contributed by atoms with Gasteiger partial charge in [-0.25, -0.2) is 0 Å². The van der Waals surface area contributed by atoms with E-state index in [0.29, 0.717) is 11.9 Å². The number of nitrogens with zero attached hydrogens (tertiary/aromatic N) is 2. The summed E-state index contributed by atoms with van der Waals surface area (Å²) in [4.78, 5) is 17.3. The van der Waals surface area contributed by atoms with Gasteiger partial charge in [-0.2, -0.15) is 0 Å². The number of rotatable bonds is 2. The van der Waals surface area contributed by atoms with E-state index < -0.39 is 0 Å². The molecule has 0 aliphatic carbocycles. The van der Waals surface area contributed by atoms with Crippen molar-refractivity contribution in [2.75, 3.05) is 39.3 Å². The molecule has 3 aliphatic heterocycles. The Labute approximate surface area is 140 Å². The lowest BCUT2D eigenvalue weighted by atomic mass is 9.96. The highest BCUT2D eigenvalue weighted by atomic mass is 35.5. The van der Waals surface area contributed by atoms with Crippen molar-refractivity contribution in [2.45, 2.75) is 44.6 Å². The molecule has 0 saturated carbocycles. The van der Waals surface area contributed by atoms with E-state index in [1.165, 1.54) is 38.8 Å². The van der Waals surface area contributed by atoms with Crippen LogP contribution < -0.4 is 5.32 Å². The quantitative estimate of drug-likeness (QED) is 0.836. The third kappa shape index (κ3) is 4.72. The molecule has 4 nitrogen and oxygen atoms in total. The monoisotopic (exact) mass is 337 g/mol. The van der Waals surface area contributed by atoms with E-state index in [0.717, 1.165) is 39.0 Å². The molecule has 3 aliphatic rings. The van der Waals surface area contributed by atoms with E-state index in [4.69, 9.17) is 0 Å². The highest BCUT2D eigenvalue weighted by Gasteiger charge is 2.32. The number of halogens is 2. The maximum Gasteiger partial charge on any atom is 0.227 e. The van der Waals surface area contributed by atoms with Crippen LogP contribution in [0.5, 0.6) is 0 Å². The van der Waals surface area contributed by atoms with Crippen LogP contribution in [-0.2, 0) is 4.79 Å². The first-order valence-corrected chi connectivity index (χ1v) is 8.08. The Balaban J connectivity index is 0.00000110. The maximum atomic E-state index is 12.6. The molecule has 0 bridgehead atoms. The first-order valence-electron chi connectivity index (χ1n) is 8.08. The topological polar surface area (TPSA) is 35.6 Å². The van der Waals surface area contributed by atoms with E-state index in [9.17, 15) is 4.79 Å². The van der Waals surface area contributed by atoms with Gasteiger partial charge in [-0.05, 0) is 58.2 Å². The Bertz CT molecular complexity index is 318. The predicted octanol–water partition coefficient (Wildman–Crippen LogP) is 1.92. The highest BCUT2D eigenvalue weighted by Crippen LogP contribution is 2.22. The van der Waals surface area contributed by atoms with Gasteiger partial charge >= 0.3 is 0 Å². The number of nitrogens with one attached hydrogen (secondary N) is 1. The van der Waals surface area contributed by atoms with Gasteiger partial charge in [0.2, 0.25) is 5.91 Å². The van der Waals surface area contributed by atoms with E-state index in [1.54, 1.807) is 0 Å². The molecule has 1 N–H and O–H groups in total. The minimum Gasteiger partial charge on any atom is -0.341 e. The van der Waals surface area contributed by atoms with E-state index in [2.05, 4.69) is 15.1 Å². The fourth-order valence-electron chi connectivity index (χ4n) is 3.88. The Kier molecular flexibility index (Phi) is 8.32. The molecule has 21 heavy (non-hydrogen) atoms. The number of amides is 1. The summed E-state index contributed by atoms with van der Waals surface area (Å²) in [5.41, 5.74) is 0. The van der Waals surface area contributed by atoms with Crippen LogP contribution in [0.1, 0.15) is 38.5 Å². The van der Waals surface area contributed by atoms with Crippen molar-refractivity contribution in [3.63, 3.8) is 0 Å². The number of piperidine rings is 2. The number of hydrogen-bond donors (Lipinski definition) is 1. The molecule has 0 aromatic rings. The number of carbonyl (C=O) groups excluding carboxylic acids is 1. The third-order valence-electron chi connectivity index (χ3n) is 5.01. The molecule has 3 heterocycles. The van der Waals surface area contributed by atoms with Crippen LogP contribution in [0.2, 0.25) is 0 Å². The molecule has 3 saturated heterocycles. The summed E-state index contributed by atoms with van der Waals surface area (Å²) >= 11 is 0. The first kappa shape index (κ1) is 19.0. The minimum atomic E-state index is 0. The molecule has 0 aromatic heterocycles. The zero-order chi connectivity index (χ0) is 13.1. The van der Waals surface area contributed by atoms with Crippen LogP contribution in [0, 0.1) is 5.92 Å². The molecule has 1 unspecified atom stereocenters. The summed E-state index contributed by atoms with van der Waals surface area (Å²) < 4.78 is 0. The molecule has 2 atom stereocenters. The average molecular weight is 338 g/mol. The molecular weight excluding hydrogens is 309 g/mol. The van der Waals surface area contributed by atoms with E-state index in [1.807, 2.05) is 0 Å². The standard InChI is InChI=1S/C15H27N3O.2ClH/c19-15(13-5-3-7-16-11-13)18-10-4-6-14(12-18)17-8-1-2-9-17;;/h13-14,16H,1-12H2;2*1H/t13-,14?;;/m1../s1. The van der Waals surface area contributed by atoms with Crippen LogP contribution in [0.15, 0.2) is 0 Å². The van der Waals surface area contributed by atoms with Crippen molar-refractivity contribution < 1.29 is 4.79 Å². The zero-order valence-electron chi connectivity index (χ0n) is 12.8. The molecule has 0 radical (unpaired) electrons. The Morgan fingerprint density at radius 2 is 1.71 bits per heavy atom. The average Bonchev–Trinajstić information content (AvgIpc) is 3.02. The lowest BCUT2D eigenvalue weighted by molar-refractivity contribution is -0.138. The fourth-order valence-corrected chi connectivity index (χ4v) is 3.88. The second-order valence-corrected chi connectivity index (χ2v) is 6.37. The van der Waals surface area contributed by atoms with Crippen LogP contribution in [0.25, 0.3) is 0 Å². The smallest absolute Gasteiger partial charge is 0.227 e. The van der Waals surface area contributed by atoms with Crippen molar-refractivity contribution >= 4 is 30.7 Å². The summed E-state index contributed by atoms with van der Waals surface area (Å²) in [6.45, 7) is 6.44. The van der Waals surface area contributed by atoms with Gasteiger partial charge < -0.3 is 10.2 Å². The molecule has 124 valence electrons. The van der Waals surface area contributed by atoms with E-state index in [-0.39, 0.29) is 30.7 Å². The lowest BCUT2D eigenvalue weighted by Crippen LogP contribution is -2.52. The van der Waals surface area contributed by atoms with Gasteiger partial charge in [0.25, 0.3) is 0 Å². The number of hydrogen-bond acceptors (Lipinski definition) is 3. The molecule has 0 spiro atoms. The van der Waals surface area contributed by atoms with Gasteiger partial charge in [0.05, 0.1) is 5.92 Å². The molecule has 0 aromatic carbocycles. The Morgan fingerprint density at radius 1 is 0.952 bits per heavy atom. The first-order chi connectivity index (χ1) is 9.34. The van der Waals surface area contributed by atoms with Crippen LogP contribution in [0.4, 0.5) is 0 Å². The Hall–Kier alpha value is -0.0300. The molecule has 1 amide bonds. The SMILES string of the molecule is Cl.Cl.O=C([C@@H]1CCCNC1)N1CCCC(N2CCCC2)C1. The molecule has 3 fully saturated rings. The molecule has 6 heteroatoms. The minimum absolute atomic E-state index is 0. The highest BCUT2D eigenvalue weighted by molar-refractivity contribution is 5.85. The number of likely N-dealkylation sites (tertiary alicyclic amines) is 2. The van der Waals surface area contributed by atoms with Gasteiger partial charge in [0.15, 0.2) is 0 Å². The van der Waals surface area contributed by atoms with Crippen LogP contribution in [-0.4, -0.2) is 61.0 Å². The lowest BCUT2D eigenvalue weighted by Gasteiger charge is -2.39. The van der Waals surface area contributed by atoms with Crippen molar-refractivity contribution in [3.8, 4) is 0 Å². The zero-order valence-corrected chi connectivity index (χ0v) is 14.4. The van der Waals surface area contributed by atoms with Gasteiger partial charge in [-0.1, -0.05) is 0 Å². The van der Waals surface area contributed by atoms with Crippen molar-refractivity contribution in [2.24, 2.45) is 5.92 Å². The summed E-state index contributed by atoms with van der Waals surface area (Å²) in [5, 5.41) is 3.36. The van der Waals surface area contributed by atoms with Gasteiger partial charge in [-0.15, -0.1) is 24.8 Å². The summed E-state index contributed by atoms with van der Waals surface area (Å²) in [6, 6.07) is 0.636. The Morgan fingerprint density at radius 3 is 2.38 bits per heavy atom.